The Morgan fingerprint density at radius 3 is 2.36 bits per heavy atom. The van der Waals surface area contributed by atoms with Crippen molar-refractivity contribution in [2.75, 3.05) is 13.2 Å². The zero-order chi connectivity index (χ0) is 47.6. The third-order valence-electron chi connectivity index (χ3n) is 16.9. The molecule has 7 rings (SSSR count). The lowest BCUT2D eigenvalue weighted by atomic mass is 9.47. The maximum absolute atomic E-state index is 15.1. The molecule has 3 aromatic rings. The molecule has 0 unspecified atom stereocenters. The van der Waals surface area contributed by atoms with Crippen LogP contribution in [0.2, 0.25) is 0 Å². The van der Waals surface area contributed by atoms with E-state index < -0.39 is 11.6 Å². The average Bonchev–Trinajstić information content (AvgIpc) is 3.68. The van der Waals surface area contributed by atoms with Crippen LogP contribution in [0.5, 0.6) is 11.5 Å². The van der Waals surface area contributed by atoms with E-state index in [2.05, 4.69) is 47.6 Å². The second kappa shape index (κ2) is 23.4. The fraction of sp³-hybridized carbons (Fsp3) is 0.600. The molecule has 3 saturated carbocycles. The number of rotatable bonds is 23. The molecule has 0 saturated heterocycles. The van der Waals surface area contributed by atoms with Crippen LogP contribution < -0.4 is 9.47 Å². The minimum absolute atomic E-state index is 0.0564. The summed E-state index contributed by atoms with van der Waals surface area (Å²) in [5.41, 5.74) is 4.15. The molecule has 4 aliphatic rings. The summed E-state index contributed by atoms with van der Waals surface area (Å²) in [4.78, 5) is 26.2. The molecule has 0 radical (unpaired) electrons. The van der Waals surface area contributed by atoms with Crippen molar-refractivity contribution in [3.63, 3.8) is 0 Å². The van der Waals surface area contributed by atoms with Gasteiger partial charge in [-0.25, -0.2) is 4.39 Å². The van der Waals surface area contributed by atoms with Gasteiger partial charge in [0.05, 0.1) is 13.2 Å². The van der Waals surface area contributed by atoms with Crippen LogP contribution in [0.4, 0.5) is 8.78 Å². The summed E-state index contributed by atoms with van der Waals surface area (Å²) >= 11 is 0. The van der Waals surface area contributed by atoms with Crippen LogP contribution in [0, 0.1) is 58.0 Å². The fourth-order valence-electron chi connectivity index (χ4n) is 13.1. The standard InChI is InChI=1S/C60H80F2O5/c1-7-8-9-10-11-12-37-66-55-32-28-49(57(61)58(55)62)44-24-21-43(22-25-44)23-31-54(63)45-18-14-19-47(39-45)65-38-15-20-56(64)67-48-33-35-59(5)46(40-48)26-27-50-52-30-29-51(42(4)17-13-16-41(2)3)60(52,6)36-34-53(50)59/h14,18-19,21-26,28,31-32,39,41-42,48,50-53H,7-13,15-17,20,27,29-30,33-38,40H2,1-6H3/b31-23+/t42-,48+,50+,51-,52+,53+,59+,60-/m1/s1. The summed E-state index contributed by atoms with van der Waals surface area (Å²) < 4.78 is 47.6. The van der Waals surface area contributed by atoms with Crippen LogP contribution in [0.3, 0.4) is 0 Å². The lowest BCUT2D eigenvalue weighted by Gasteiger charge is -2.58. The molecular formula is C60H80F2O5. The second-order valence-electron chi connectivity index (χ2n) is 21.8. The lowest BCUT2D eigenvalue weighted by molar-refractivity contribution is -0.151. The van der Waals surface area contributed by atoms with E-state index in [1.165, 1.54) is 82.8 Å². The van der Waals surface area contributed by atoms with Crippen molar-refractivity contribution in [2.24, 2.45) is 46.3 Å². The van der Waals surface area contributed by atoms with Gasteiger partial charge in [-0.15, -0.1) is 0 Å². The molecule has 0 spiro atoms. The number of benzene rings is 3. The summed E-state index contributed by atoms with van der Waals surface area (Å²) in [7, 11) is 0. The van der Waals surface area contributed by atoms with Crippen molar-refractivity contribution in [1.29, 1.82) is 0 Å². The van der Waals surface area contributed by atoms with Crippen LogP contribution in [0.15, 0.2) is 78.4 Å². The number of ether oxygens (including phenoxy) is 3. The number of hydrogen-bond donors (Lipinski definition) is 0. The predicted octanol–water partition coefficient (Wildman–Crippen LogP) is 16.4. The second-order valence-corrected chi connectivity index (χ2v) is 21.8. The van der Waals surface area contributed by atoms with E-state index in [1.807, 2.05) is 6.07 Å². The summed E-state index contributed by atoms with van der Waals surface area (Å²) in [5, 5.41) is 0. The minimum atomic E-state index is -0.982. The summed E-state index contributed by atoms with van der Waals surface area (Å²) in [6.07, 6.45) is 26.8. The lowest BCUT2D eigenvalue weighted by Crippen LogP contribution is -2.51. The number of esters is 1. The molecule has 3 aromatic carbocycles. The van der Waals surface area contributed by atoms with Crippen molar-refractivity contribution in [3.8, 4) is 22.6 Å². The van der Waals surface area contributed by atoms with Crippen molar-refractivity contribution in [2.45, 2.75) is 170 Å². The van der Waals surface area contributed by atoms with Crippen LogP contribution >= 0.6 is 0 Å². The van der Waals surface area contributed by atoms with Gasteiger partial charge in [-0.3, -0.25) is 9.59 Å². The van der Waals surface area contributed by atoms with Crippen LogP contribution in [-0.2, 0) is 9.53 Å². The van der Waals surface area contributed by atoms with Gasteiger partial charge in [0.1, 0.15) is 11.9 Å². The molecule has 0 aliphatic heterocycles. The molecule has 0 heterocycles. The largest absolute Gasteiger partial charge is 0.494 e. The Morgan fingerprint density at radius 2 is 1.57 bits per heavy atom. The molecule has 8 atom stereocenters. The third-order valence-corrected chi connectivity index (χ3v) is 16.9. The maximum Gasteiger partial charge on any atom is 0.306 e. The van der Waals surface area contributed by atoms with Gasteiger partial charge in [-0.1, -0.05) is 147 Å². The van der Waals surface area contributed by atoms with Crippen LogP contribution in [-0.4, -0.2) is 31.1 Å². The molecule has 364 valence electrons. The predicted molar refractivity (Wildman–Crippen MR) is 268 cm³/mol. The number of halogens is 2. The molecule has 0 bridgehead atoms. The number of carbonyl (C=O) groups is 2. The normalized spacial score (nSPS) is 26.1. The van der Waals surface area contributed by atoms with Crippen LogP contribution in [0.1, 0.15) is 179 Å². The van der Waals surface area contributed by atoms with Gasteiger partial charge in [0, 0.05) is 24.0 Å². The smallest absolute Gasteiger partial charge is 0.306 e. The Hall–Kier alpha value is -4.26. The zero-order valence-electron chi connectivity index (χ0n) is 41.7. The van der Waals surface area contributed by atoms with Crippen LogP contribution in [0.25, 0.3) is 17.2 Å². The van der Waals surface area contributed by atoms with Crippen molar-refractivity contribution in [1.82, 2.24) is 0 Å². The SMILES string of the molecule is CCCCCCCCOc1ccc(-c2ccc(/C=C/C(=O)c3cccc(OCCCC(=O)O[C@H]4CC[C@@]5(C)C(=CC[C@H]6[C@@H]7CC[C@H]([C@H](C)CCCC(C)C)[C@@]7(C)CC[C@@H]65)C4)c3)cc2)c(F)c1F. The molecule has 67 heavy (non-hydrogen) atoms. The van der Waals surface area contributed by atoms with Gasteiger partial charge in [0.2, 0.25) is 5.82 Å². The first-order chi connectivity index (χ1) is 32.3. The van der Waals surface area contributed by atoms with Crippen molar-refractivity contribution < 1.29 is 32.6 Å². The number of fused-ring (bicyclic) bond motifs is 5. The summed E-state index contributed by atoms with van der Waals surface area (Å²) in [6, 6.07) is 17.0. The topological polar surface area (TPSA) is 61.8 Å². The number of allylic oxidation sites excluding steroid dienone is 2. The summed E-state index contributed by atoms with van der Waals surface area (Å²) in [6.45, 7) is 15.3. The van der Waals surface area contributed by atoms with E-state index in [4.69, 9.17) is 14.2 Å². The molecule has 0 N–H and O–H groups in total. The van der Waals surface area contributed by atoms with Gasteiger partial charge in [0.15, 0.2) is 17.3 Å². The third kappa shape index (κ3) is 12.3. The van der Waals surface area contributed by atoms with E-state index in [9.17, 15) is 14.0 Å². The highest BCUT2D eigenvalue weighted by Gasteiger charge is 2.59. The minimum Gasteiger partial charge on any atom is -0.494 e. The Kier molecular flexibility index (Phi) is 17.6. The Bertz CT molecular complexity index is 2170. The van der Waals surface area contributed by atoms with E-state index >= 15 is 4.39 Å². The highest BCUT2D eigenvalue weighted by Crippen LogP contribution is 2.67. The first kappa shape index (κ1) is 50.6. The number of hydrogen-bond acceptors (Lipinski definition) is 5. The number of unbranched alkanes of at least 4 members (excludes halogenated alkanes) is 5. The molecule has 7 heteroatoms. The van der Waals surface area contributed by atoms with Gasteiger partial charge < -0.3 is 14.2 Å². The van der Waals surface area contributed by atoms with E-state index in [-0.39, 0.29) is 41.0 Å². The Morgan fingerprint density at radius 1 is 0.791 bits per heavy atom. The van der Waals surface area contributed by atoms with Gasteiger partial charge >= 0.3 is 5.97 Å². The first-order valence-electron chi connectivity index (χ1n) is 26.4. The fourth-order valence-corrected chi connectivity index (χ4v) is 13.1. The molecule has 4 aliphatic carbocycles. The maximum atomic E-state index is 15.1. The van der Waals surface area contributed by atoms with Gasteiger partial charge in [-0.2, -0.15) is 4.39 Å². The molecule has 0 amide bonds. The Balaban J connectivity index is 0.828. The van der Waals surface area contributed by atoms with Crippen molar-refractivity contribution >= 4 is 17.8 Å². The van der Waals surface area contributed by atoms with E-state index in [0.717, 1.165) is 79.6 Å². The van der Waals surface area contributed by atoms with Gasteiger partial charge in [-0.05, 0) is 146 Å². The van der Waals surface area contributed by atoms with Crippen molar-refractivity contribution in [3.05, 3.63) is 101 Å². The average molecular weight is 919 g/mol. The molecule has 5 nitrogen and oxygen atoms in total. The quantitative estimate of drug-likeness (QED) is 0.0312. The highest BCUT2D eigenvalue weighted by molar-refractivity contribution is 6.07. The van der Waals surface area contributed by atoms with E-state index in [0.29, 0.717) is 41.9 Å². The zero-order valence-corrected chi connectivity index (χ0v) is 41.7. The summed E-state index contributed by atoms with van der Waals surface area (Å²) in [5.74, 6) is 3.07. The molecule has 3 fully saturated rings. The monoisotopic (exact) mass is 919 g/mol. The molecule has 0 aromatic heterocycles. The Labute approximate surface area is 401 Å². The molecular weight excluding hydrogens is 839 g/mol. The van der Waals surface area contributed by atoms with E-state index in [1.54, 1.807) is 60.2 Å². The number of carbonyl (C=O) groups excluding carboxylic acids is 2. The number of ketones is 1. The highest BCUT2D eigenvalue weighted by atomic mass is 19.2. The van der Waals surface area contributed by atoms with Gasteiger partial charge in [0.25, 0.3) is 0 Å². The first-order valence-corrected chi connectivity index (χ1v) is 26.4.